The molecule has 22 heavy (non-hydrogen) atoms. The number of hydrogen-bond acceptors (Lipinski definition) is 3. The predicted octanol–water partition coefficient (Wildman–Crippen LogP) is 3.49. The first-order valence-electron chi connectivity index (χ1n) is 6.59. The molecule has 1 amide bonds. The summed E-state index contributed by atoms with van der Waals surface area (Å²) in [5, 5.41) is 2.58. The highest BCUT2D eigenvalue weighted by molar-refractivity contribution is 6.02. The van der Waals surface area contributed by atoms with Gasteiger partial charge in [-0.3, -0.25) is 4.79 Å². The van der Waals surface area contributed by atoms with E-state index in [2.05, 4.69) is 5.32 Å². The lowest BCUT2D eigenvalue weighted by Crippen LogP contribution is -2.07. The highest BCUT2D eigenvalue weighted by Gasteiger charge is 2.03. The van der Waals surface area contributed by atoms with Crippen molar-refractivity contribution < 1.29 is 18.7 Å². The Labute approximate surface area is 128 Å². The number of methoxy groups -OCH3 is 2. The molecule has 0 unspecified atom stereocenters. The summed E-state index contributed by atoms with van der Waals surface area (Å²) in [5.74, 6) is 0.495. The van der Waals surface area contributed by atoms with Gasteiger partial charge in [0.15, 0.2) is 0 Å². The van der Waals surface area contributed by atoms with E-state index in [0.29, 0.717) is 17.2 Å². The summed E-state index contributed by atoms with van der Waals surface area (Å²) in [5.41, 5.74) is 1.13. The zero-order chi connectivity index (χ0) is 15.9. The van der Waals surface area contributed by atoms with Crippen molar-refractivity contribution in [3.8, 4) is 11.5 Å². The zero-order valence-corrected chi connectivity index (χ0v) is 12.3. The Morgan fingerprint density at radius 3 is 2.64 bits per heavy atom. The first-order chi connectivity index (χ1) is 10.6. The molecule has 2 aromatic rings. The average molecular weight is 301 g/mol. The number of halogens is 1. The van der Waals surface area contributed by atoms with E-state index in [1.165, 1.54) is 24.3 Å². The molecule has 0 radical (unpaired) electrons. The van der Waals surface area contributed by atoms with Crippen molar-refractivity contribution in [3.05, 3.63) is 59.9 Å². The lowest BCUT2D eigenvalue weighted by molar-refractivity contribution is -0.111. The van der Waals surface area contributed by atoms with Crippen LogP contribution in [0.4, 0.5) is 10.1 Å². The second-order valence-corrected chi connectivity index (χ2v) is 4.44. The first-order valence-corrected chi connectivity index (χ1v) is 6.59. The molecule has 0 aliphatic carbocycles. The molecular formula is C17H16FNO3. The fraction of sp³-hybridized carbons (Fsp3) is 0.118. The molecule has 0 heterocycles. The fourth-order valence-corrected chi connectivity index (χ4v) is 1.87. The SMILES string of the molecule is COc1ccc(/C=C/C(=O)Nc2cccc(F)c2)c(OC)c1. The summed E-state index contributed by atoms with van der Waals surface area (Å²) in [4.78, 5) is 11.8. The van der Waals surface area contributed by atoms with Gasteiger partial charge in [-0.05, 0) is 36.4 Å². The Balaban J connectivity index is 2.09. The predicted molar refractivity (Wildman–Crippen MR) is 83.6 cm³/mol. The van der Waals surface area contributed by atoms with Crippen LogP contribution in [0, 0.1) is 5.82 Å². The van der Waals surface area contributed by atoms with Crippen molar-refractivity contribution >= 4 is 17.7 Å². The monoisotopic (exact) mass is 301 g/mol. The molecule has 0 saturated carbocycles. The van der Waals surface area contributed by atoms with Crippen molar-refractivity contribution in [2.45, 2.75) is 0 Å². The Morgan fingerprint density at radius 1 is 1.14 bits per heavy atom. The third kappa shape index (κ3) is 4.09. The third-order valence-electron chi connectivity index (χ3n) is 2.95. The number of amides is 1. The van der Waals surface area contributed by atoms with Gasteiger partial charge in [0.25, 0.3) is 0 Å². The molecule has 0 aliphatic heterocycles. The normalized spacial score (nSPS) is 10.5. The lowest BCUT2D eigenvalue weighted by Gasteiger charge is -2.07. The van der Waals surface area contributed by atoms with E-state index >= 15 is 0 Å². The summed E-state index contributed by atoms with van der Waals surface area (Å²) < 4.78 is 23.4. The maximum absolute atomic E-state index is 13.0. The number of ether oxygens (including phenoxy) is 2. The molecule has 5 heteroatoms. The number of hydrogen-bond donors (Lipinski definition) is 1. The van der Waals surface area contributed by atoms with Crippen LogP contribution >= 0.6 is 0 Å². The number of anilines is 1. The van der Waals surface area contributed by atoms with Crippen molar-refractivity contribution in [2.24, 2.45) is 0 Å². The highest BCUT2D eigenvalue weighted by atomic mass is 19.1. The molecule has 114 valence electrons. The van der Waals surface area contributed by atoms with Crippen LogP contribution < -0.4 is 14.8 Å². The van der Waals surface area contributed by atoms with Crippen molar-refractivity contribution in [3.63, 3.8) is 0 Å². The largest absolute Gasteiger partial charge is 0.497 e. The Hall–Kier alpha value is -2.82. The van der Waals surface area contributed by atoms with E-state index < -0.39 is 5.82 Å². The zero-order valence-electron chi connectivity index (χ0n) is 12.3. The quantitative estimate of drug-likeness (QED) is 0.860. The van der Waals surface area contributed by atoms with Crippen molar-refractivity contribution in [1.29, 1.82) is 0 Å². The molecule has 0 aromatic heterocycles. The molecule has 0 fully saturated rings. The van der Waals surface area contributed by atoms with Crippen LogP contribution in [-0.2, 0) is 4.79 Å². The van der Waals surface area contributed by atoms with E-state index in [1.54, 1.807) is 44.6 Å². The number of carbonyl (C=O) groups is 1. The summed E-state index contributed by atoms with van der Waals surface area (Å²) in [6.07, 6.45) is 2.97. The third-order valence-corrected chi connectivity index (χ3v) is 2.95. The van der Waals surface area contributed by atoms with Gasteiger partial charge in [0, 0.05) is 23.4 Å². The van der Waals surface area contributed by atoms with Gasteiger partial charge in [0.2, 0.25) is 5.91 Å². The topological polar surface area (TPSA) is 47.6 Å². The summed E-state index contributed by atoms with van der Waals surface area (Å²) in [6, 6.07) is 11.0. The number of carbonyl (C=O) groups excluding carboxylic acids is 1. The molecule has 0 spiro atoms. The molecule has 4 nitrogen and oxygen atoms in total. The van der Waals surface area contributed by atoms with Gasteiger partial charge in [0.05, 0.1) is 14.2 Å². The van der Waals surface area contributed by atoms with E-state index in [1.807, 2.05) is 0 Å². The van der Waals surface area contributed by atoms with Gasteiger partial charge >= 0.3 is 0 Å². The smallest absolute Gasteiger partial charge is 0.248 e. The van der Waals surface area contributed by atoms with Crippen LogP contribution in [0.5, 0.6) is 11.5 Å². The maximum Gasteiger partial charge on any atom is 0.248 e. The molecule has 1 N–H and O–H groups in total. The van der Waals surface area contributed by atoms with Gasteiger partial charge in [-0.15, -0.1) is 0 Å². The van der Waals surface area contributed by atoms with Crippen LogP contribution in [0.3, 0.4) is 0 Å². The molecular weight excluding hydrogens is 285 g/mol. The van der Waals surface area contributed by atoms with Gasteiger partial charge in [-0.25, -0.2) is 4.39 Å². The van der Waals surface area contributed by atoms with Crippen LogP contribution in [0.1, 0.15) is 5.56 Å². The molecule has 2 rings (SSSR count). The van der Waals surface area contributed by atoms with E-state index in [0.717, 1.165) is 5.56 Å². The highest BCUT2D eigenvalue weighted by Crippen LogP contribution is 2.25. The second-order valence-electron chi connectivity index (χ2n) is 4.44. The fourth-order valence-electron chi connectivity index (χ4n) is 1.87. The standard InChI is InChI=1S/C17H16FNO3/c1-21-15-8-6-12(16(11-15)22-2)7-9-17(20)19-14-5-3-4-13(18)10-14/h3-11H,1-2H3,(H,19,20)/b9-7+. The molecule has 0 saturated heterocycles. The molecule has 0 bridgehead atoms. The lowest BCUT2D eigenvalue weighted by atomic mass is 10.1. The Bertz CT molecular complexity index is 698. The summed E-state index contributed by atoms with van der Waals surface area (Å²) in [6.45, 7) is 0. The Morgan fingerprint density at radius 2 is 1.95 bits per heavy atom. The minimum Gasteiger partial charge on any atom is -0.497 e. The summed E-state index contributed by atoms with van der Waals surface area (Å²) >= 11 is 0. The van der Waals surface area contributed by atoms with E-state index in [4.69, 9.17) is 9.47 Å². The second kappa shape index (κ2) is 7.26. The maximum atomic E-state index is 13.0. The van der Waals surface area contributed by atoms with E-state index in [9.17, 15) is 9.18 Å². The number of nitrogens with one attached hydrogen (secondary N) is 1. The van der Waals surface area contributed by atoms with E-state index in [-0.39, 0.29) is 5.91 Å². The average Bonchev–Trinajstić information content (AvgIpc) is 2.52. The molecule has 2 aromatic carbocycles. The van der Waals surface area contributed by atoms with Gasteiger partial charge in [-0.2, -0.15) is 0 Å². The van der Waals surface area contributed by atoms with Crippen LogP contribution in [-0.4, -0.2) is 20.1 Å². The van der Waals surface area contributed by atoms with Crippen LogP contribution in [0.15, 0.2) is 48.5 Å². The van der Waals surface area contributed by atoms with Crippen molar-refractivity contribution in [2.75, 3.05) is 19.5 Å². The number of rotatable bonds is 5. The van der Waals surface area contributed by atoms with Crippen molar-refractivity contribution in [1.82, 2.24) is 0 Å². The minimum atomic E-state index is -0.404. The number of benzene rings is 2. The van der Waals surface area contributed by atoms with Gasteiger partial charge in [-0.1, -0.05) is 6.07 Å². The first kappa shape index (κ1) is 15.6. The Kier molecular flexibility index (Phi) is 5.14. The van der Waals surface area contributed by atoms with Gasteiger partial charge in [0.1, 0.15) is 17.3 Å². The van der Waals surface area contributed by atoms with Crippen LogP contribution in [0.25, 0.3) is 6.08 Å². The molecule has 0 atom stereocenters. The summed E-state index contributed by atoms with van der Waals surface area (Å²) in [7, 11) is 3.11. The van der Waals surface area contributed by atoms with Crippen LogP contribution in [0.2, 0.25) is 0 Å². The minimum absolute atomic E-state index is 0.358. The van der Waals surface area contributed by atoms with Gasteiger partial charge < -0.3 is 14.8 Å². The molecule has 0 aliphatic rings.